The highest BCUT2D eigenvalue weighted by molar-refractivity contribution is 5.65. The van der Waals surface area contributed by atoms with E-state index in [9.17, 15) is 25.3 Å². The number of nitrogens with one attached hydrogen (secondary N) is 1. The summed E-state index contributed by atoms with van der Waals surface area (Å²) >= 11 is 0. The van der Waals surface area contributed by atoms with Gasteiger partial charge in [0, 0.05) is 12.6 Å². The molecule has 0 bridgehead atoms. The molecule has 1 aromatic rings. The van der Waals surface area contributed by atoms with Crippen molar-refractivity contribution >= 4 is 17.1 Å². The van der Waals surface area contributed by atoms with Crippen molar-refractivity contribution in [3.63, 3.8) is 0 Å². The zero-order valence-corrected chi connectivity index (χ0v) is 11.4. The van der Waals surface area contributed by atoms with Gasteiger partial charge in [-0.25, -0.2) is 0 Å². The molecule has 1 fully saturated rings. The maximum absolute atomic E-state index is 11.0. The van der Waals surface area contributed by atoms with E-state index in [1.807, 2.05) is 0 Å². The summed E-state index contributed by atoms with van der Waals surface area (Å²) in [6, 6.07) is 3.55. The number of hydrogen-bond acceptors (Lipinski definition) is 6. The molecule has 0 radical (unpaired) electrons. The molecule has 0 saturated heterocycles. The Labute approximate surface area is 121 Å². The molecule has 2 unspecified atom stereocenters. The summed E-state index contributed by atoms with van der Waals surface area (Å²) in [5.74, 6) is 0.253. The third-order valence-corrected chi connectivity index (χ3v) is 3.73. The average Bonchev–Trinajstić information content (AvgIpc) is 2.44. The van der Waals surface area contributed by atoms with Crippen LogP contribution in [-0.2, 0) is 0 Å². The second-order valence-corrected chi connectivity index (χ2v) is 5.28. The minimum absolute atomic E-state index is 0.253. The number of aliphatic hydroxyl groups is 1. The summed E-state index contributed by atoms with van der Waals surface area (Å²) in [5.41, 5.74) is -0.341. The quantitative estimate of drug-likeness (QED) is 0.636. The van der Waals surface area contributed by atoms with Crippen LogP contribution in [0.3, 0.4) is 0 Å². The molecule has 1 aromatic carbocycles. The molecule has 0 aliphatic heterocycles. The minimum atomic E-state index is -0.658. The molecule has 8 nitrogen and oxygen atoms in total. The molecule has 2 atom stereocenters. The summed E-state index contributed by atoms with van der Waals surface area (Å²) in [6.07, 6.45) is 3.07. The van der Waals surface area contributed by atoms with E-state index in [0.29, 0.717) is 13.0 Å². The maximum Gasteiger partial charge on any atom is 0.299 e. The predicted molar refractivity (Wildman–Crippen MR) is 76.2 cm³/mol. The van der Waals surface area contributed by atoms with E-state index in [2.05, 4.69) is 5.32 Å². The number of nitro groups is 2. The van der Waals surface area contributed by atoms with Crippen molar-refractivity contribution in [3.8, 4) is 0 Å². The van der Waals surface area contributed by atoms with Gasteiger partial charge in [0.05, 0.1) is 22.0 Å². The molecule has 2 rings (SSSR count). The van der Waals surface area contributed by atoms with Crippen LogP contribution in [0.2, 0.25) is 0 Å². The molecule has 21 heavy (non-hydrogen) atoms. The second-order valence-electron chi connectivity index (χ2n) is 5.28. The van der Waals surface area contributed by atoms with Crippen molar-refractivity contribution in [1.29, 1.82) is 0 Å². The van der Waals surface area contributed by atoms with E-state index >= 15 is 0 Å². The highest BCUT2D eigenvalue weighted by Gasteiger charge is 2.23. The van der Waals surface area contributed by atoms with Gasteiger partial charge in [-0.3, -0.25) is 20.2 Å². The van der Waals surface area contributed by atoms with Crippen molar-refractivity contribution in [1.82, 2.24) is 0 Å². The van der Waals surface area contributed by atoms with Crippen LogP contribution in [0.25, 0.3) is 0 Å². The number of non-ortho nitro benzene ring substituents is 1. The third kappa shape index (κ3) is 3.88. The lowest BCUT2D eigenvalue weighted by atomic mass is 9.87. The van der Waals surface area contributed by atoms with Crippen LogP contribution in [-0.4, -0.2) is 27.6 Å². The molecule has 1 aliphatic rings. The van der Waals surface area contributed by atoms with Gasteiger partial charge in [-0.1, -0.05) is 6.42 Å². The lowest BCUT2D eigenvalue weighted by molar-refractivity contribution is -0.393. The summed E-state index contributed by atoms with van der Waals surface area (Å²) in [5, 5.41) is 34.2. The Balaban J connectivity index is 2.08. The summed E-state index contributed by atoms with van der Waals surface area (Å²) in [6.45, 7) is 0.510. The van der Waals surface area contributed by atoms with Crippen molar-refractivity contribution in [2.24, 2.45) is 5.92 Å². The number of rotatable bonds is 5. The van der Waals surface area contributed by atoms with Crippen molar-refractivity contribution in [2.75, 3.05) is 11.9 Å². The Hall–Kier alpha value is -2.22. The largest absolute Gasteiger partial charge is 0.393 e. The maximum atomic E-state index is 11.0. The number of hydrogen-bond donors (Lipinski definition) is 2. The smallest absolute Gasteiger partial charge is 0.299 e. The van der Waals surface area contributed by atoms with Gasteiger partial charge in [-0.2, -0.15) is 0 Å². The van der Waals surface area contributed by atoms with Crippen LogP contribution in [0.4, 0.5) is 17.1 Å². The van der Waals surface area contributed by atoms with Crippen LogP contribution in [0.5, 0.6) is 0 Å². The van der Waals surface area contributed by atoms with E-state index in [4.69, 9.17) is 0 Å². The number of nitrogens with zero attached hydrogens (tertiary/aromatic N) is 2. The fourth-order valence-corrected chi connectivity index (χ4v) is 2.64. The first-order chi connectivity index (χ1) is 9.97. The molecule has 0 amide bonds. The highest BCUT2D eigenvalue weighted by Crippen LogP contribution is 2.30. The summed E-state index contributed by atoms with van der Waals surface area (Å²) in [7, 11) is 0. The topological polar surface area (TPSA) is 119 Å². The second kappa shape index (κ2) is 6.49. The van der Waals surface area contributed by atoms with Gasteiger partial charge in [0.1, 0.15) is 5.69 Å². The first-order valence-corrected chi connectivity index (χ1v) is 6.82. The summed E-state index contributed by atoms with van der Waals surface area (Å²) < 4.78 is 0. The zero-order chi connectivity index (χ0) is 15.4. The van der Waals surface area contributed by atoms with Gasteiger partial charge >= 0.3 is 0 Å². The average molecular weight is 295 g/mol. The van der Waals surface area contributed by atoms with Crippen molar-refractivity contribution < 1.29 is 15.0 Å². The Kier molecular flexibility index (Phi) is 4.69. The van der Waals surface area contributed by atoms with Gasteiger partial charge in [-0.15, -0.1) is 0 Å². The van der Waals surface area contributed by atoms with Gasteiger partial charge in [-0.05, 0) is 31.2 Å². The third-order valence-electron chi connectivity index (χ3n) is 3.73. The van der Waals surface area contributed by atoms with E-state index in [0.717, 1.165) is 25.3 Å². The Morgan fingerprint density at radius 3 is 2.62 bits per heavy atom. The van der Waals surface area contributed by atoms with Crippen molar-refractivity contribution in [3.05, 3.63) is 38.4 Å². The van der Waals surface area contributed by atoms with Crippen LogP contribution >= 0.6 is 0 Å². The molecule has 1 aliphatic carbocycles. The number of anilines is 1. The number of benzene rings is 1. The molecular formula is C13H17N3O5. The molecule has 0 heterocycles. The van der Waals surface area contributed by atoms with Gasteiger partial charge in [0.25, 0.3) is 11.4 Å². The van der Waals surface area contributed by atoms with Gasteiger partial charge < -0.3 is 10.4 Å². The molecule has 2 N–H and O–H groups in total. The monoisotopic (exact) mass is 295 g/mol. The Bertz CT molecular complexity index is 549. The molecule has 0 spiro atoms. The van der Waals surface area contributed by atoms with Gasteiger partial charge in [0.2, 0.25) is 0 Å². The van der Waals surface area contributed by atoms with Crippen LogP contribution in [0, 0.1) is 26.1 Å². The Morgan fingerprint density at radius 2 is 2.00 bits per heavy atom. The van der Waals surface area contributed by atoms with E-state index < -0.39 is 9.85 Å². The molecule has 1 saturated carbocycles. The van der Waals surface area contributed by atoms with Crippen LogP contribution in [0.1, 0.15) is 25.7 Å². The van der Waals surface area contributed by atoms with E-state index in [1.165, 1.54) is 12.1 Å². The van der Waals surface area contributed by atoms with Crippen LogP contribution < -0.4 is 5.32 Å². The lowest BCUT2D eigenvalue weighted by Gasteiger charge is -2.26. The highest BCUT2D eigenvalue weighted by atomic mass is 16.6. The lowest BCUT2D eigenvalue weighted by Crippen LogP contribution is -2.25. The van der Waals surface area contributed by atoms with Crippen molar-refractivity contribution in [2.45, 2.75) is 31.8 Å². The van der Waals surface area contributed by atoms with Crippen LogP contribution in [0.15, 0.2) is 18.2 Å². The standard InChI is InChI=1S/C13H17N3O5/c17-11-3-1-2-9(6-11)8-14-12-5-4-10(15(18)19)7-13(12)16(20)21/h4-5,7,9,11,14,17H,1-3,6,8H2. The number of nitro benzene ring substituents is 2. The first kappa shape index (κ1) is 15.2. The molecule has 0 aromatic heterocycles. The van der Waals surface area contributed by atoms with E-state index in [1.54, 1.807) is 0 Å². The predicted octanol–water partition coefficient (Wildman–Crippen LogP) is 2.47. The Morgan fingerprint density at radius 1 is 1.24 bits per heavy atom. The minimum Gasteiger partial charge on any atom is -0.393 e. The first-order valence-electron chi connectivity index (χ1n) is 6.82. The normalized spacial score (nSPS) is 21.8. The molecule has 114 valence electrons. The fourth-order valence-electron chi connectivity index (χ4n) is 2.64. The SMILES string of the molecule is O=[N+]([O-])c1ccc(NCC2CCCC(O)C2)c([N+](=O)[O-])c1. The molecule has 8 heteroatoms. The van der Waals surface area contributed by atoms with Gasteiger partial charge in [0.15, 0.2) is 0 Å². The summed E-state index contributed by atoms with van der Waals surface area (Å²) in [4.78, 5) is 20.4. The molecular weight excluding hydrogens is 278 g/mol. The number of aliphatic hydroxyl groups excluding tert-OH is 1. The fraction of sp³-hybridized carbons (Fsp3) is 0.538. The van der Waals surface area contributed by atoms with E-state index in [-0.39, 0.29) is 29.1 Å². The zero-order valence-electron chi connectivity index (χ0n) is 11.4.